The summed E-state index contributed by atoms with van der Waals surface area (Å²) in [7, 11) is 4.36. The van der Waals surface area contributed by atoms with E-state index in [2.05, 4.69) is 25.3 Å². The average molecular weight is 396 g/mol. The Morgan fingerprint density at radius 2 is 1.59 bits per heavy atom. The van der Waals surface area contributed by atoms with Gasteiger partial charge >= 0.3 is 5.97 Å². The molecule has 2 aromatic carbocycles. The van der Waals surface area contributed by atoms with E-state index in [1.807, 2.05) is 0 Å². The molecule has 150 valence electrons. The maximum Gasteiger partial charge on any atom is 0.315 e. The van der Waals surface area contributed by atoms with Crippen LogP contribution in [0.2, 0.25) is 0 Å². The normalized spacial score (nSPS) is 10.3. The summed E-state index contributed by atoms with van der Waals surface area (Å²) < 4.78 is 15.1. The van der Waals surface area contributed by atoms with Crippen molar-refractivity contribution in [2.75, 3.05) is 32.0 Å². The summed E-state index contributed by atoms with van der Waals surface area (Å²) in [6, 6.07) is 10.6. The molecule has 0 unspecified atom stereocenters. The van der Waals surface area contributed by atoms with Gasteiger partial charge in [-0.2, -0.15) is 0 Å². The van der Waals surface area contributed by atoms with E-state index in [0.29, 0.717) is 28.5 Å². The van der Waals surface area contributed by atoms with Gasteiger partial charge in [0.25, 0.3) is 0 Å². The lowest BCUT2D eigenvalue weighted by Gasteiger charge is -2.12. The van der Waals surface area contributed by atoms with E-state index in [1.54, 1.807) is 50.6 Å². The van der Waals surface area contributed by atoms with Crippen molar-refractivity contribution in [1.29, 1.82) is 0 Å². The molecule has 0 saturated heterocycles. The first-order chi connectivity index (χ1) is 14.0. The zero-order valence-corrected chi connectivity index (χ0v) is 16.2. The zero-order valence-electron chi connectivity index (χ0n) is 16.2. The number of hydrogen-bond acceptors (Lipinski definition) is 8. The minimum Gasteiger partial charge on any atom is -0.493 e. The topological polar surface area (TPSA) is 112 Å². The molecule has 0 aliphatic rings. The first kappa shape index (κ1) is 19.9. The summed E-state index contributed by atoms with van der Waals surface area (Å²) in [5, 5.41) is 6.62. The predicted octanol–water partition coefficient (Wildman–Crippen LogP) is 2.89. The maximum atomic E-state index is 11.8. The Kier molecular flexibility index (Phi) is 6.08. The molecule has 9 nitrogen and oxygen atoms in total. The van der Waals surface area contributed by atoms with Crippen LogP contribution in [0.4, 0.5) is 17.2 Å². The molecule has 0 atom stereocenters. The number of benzene rings is 2. The van der Waals surface area contributed by atoms with Crippen molar-refractivity contribution in [2.45, 2.75) is 6.42 Å². The van der Waals surface area contributed by atoms with E-state index in [1.165, 1.54) is 13.4 Å². The molecular weight excluding hydrogens is 376 g/mol. The van der Waals surface area contributed by atoms with Crippen molar-refractivity contribution in [3.63, 3.8) is 0 Å². The fraction of sp³-hybridized carbons (Fsp3) is 0.200. The molecule has 0 spiro atoms. The highest BCUT2D eigenvalue weighted by atomic mass is 16.5. The molecule has 0 bridgehead atoms. The summed E-state index contributed by atoms with van der Waals surface area (Å²) in [6.07, 6.45) is 1.12. The predicted molar refractivity (Wildman–Crippen MR) is 108 cm³/mol. The number of methoxy groups -OCH3 is 3. The number of aromatic nitrogens is 2. The Hall–Kier alpha value is -3.88. The van der Waals surface area contributed by atoms with E-state index in [-0.39, 0.29) is 6.42 Å². The Labute approximate surface area is 167 Å². The minimum absolute atomic E-state index is 0.339. The van der Waals surface area contributed by atoms with Crippen molar-refractivity contribution in [1.82, 2.24) is 9.97 Å². The Bertz CT molecular complexity index is 1040. The van der Waals surface area contributed by atoms with Crippen molar-refractivity contribution in [3.8, 4) is 11.5 Å². The highest BCUT2D eigenvalue weighted by Crippen LogP contribution is 2.34. The fourth-order valence-electron chi connectivity index (χ4n) is 2.66. The number of rotatable bonds is 7. The van der Waals surface area contributed by atoms with Crippen LogP contribution in [-0.4, -0.2) is 43.2 Å². The Morgan fingerprint density at radius 1 is 0.931 bits per heavy atom. The van der Waals surface area contributed by atoms with Crippen molar-refractivity contribution >= 4 is 40.0 Å². The molecule has 0 saturated carbocycles. The molecule has 1 heterocycles. The molecule has 0 aliphatic heterocycles. The molecule has 3 rings (SSSR count). The smallest absolute Gasteiger partial charge is 0.315 e. The van der Waals surface area contributed by atoms with Gasteiger partial charge in [-0.15, -0.1) is 0 Å². The molecule has 0 aliphatic carbocycles. The molecule has 0 fully saturated rings. The summed E-state index contributed by atoms with van der Waals surface area (Å²) in [6.45, 7) is 0. The van der Waals surface area contributed by atoms with Gasteiger partial charge in [-0.1, -0.05) is 0 Å². The number of nitrogens with zero attached hydrogens (tertiary/aromatic N) is 2. The number of fused-ring (bicyclic) bond motifs is 1. The van der Waals surface area contributed by atoms with Crippen molar-refractivity contribution in [3.05, 3.63) is 42.7 Å². The first-order valence-corrected chi connectivity index (χ1v) is 8.64. The van der Waals surface area contributed by atoms with Crippen LogP contribution < -0.4 is 20.1 Å². The Balaban J connectivity index is 1.79. The minimum atomic E-state index is -0.594. The second kappa shape index (κ2) is 8.87. The number of anilines is 3. The van der Waals surface area contributed by atoms with E-state index in [0.717, 1.165) is 11.1 Å². The standard InChI is InChI=1S/C20H20N4O5/c1-27-16-8-14-15(9-17(16)28-2)21-11-22-20(14)24-13-6-4-12(5-7-13)23-18(25)10-19(26)29-3/h4-9,11H,10H2,1-3H3,(H,23,25)(H,21,22,24). The molecule has 9 heteroatoms. The van der Waals surface area contributed by atoms with Gasteiger partial charge in [0.05, 0.1) is 26.8 Å². The number of carbonyl (C=O) groups is 2. The summed E-state index contributed by atoms with van der Waals surface area (Å²) in [4.78, 5) is 31.5. The largest absolute Gasteiger partial charge is 0.493 e. The SMILES string of the molecule is COC(=O)CC(=O)Nc1ccc(Nc2ncnc3cc(OC)c(OC)cc23)cc1. The van der Waals surface area contributed by atoms with Gasteiger partial charge in [0.1, 0.15) is 18.6 Å². The number of esters is 1. The van der Waals surface area contributed by atoms with Crippen LogP contribution in [0.5, 0.6) is 11.5 Å². The number of amides is 1. The third kappa shape index (κ3) is 4.70. The Morgan fingerprint density at radius 3 is 2.24 bits per heavy atom. The highest BCUT2D eigenvalue weighted by molar-refractivity contribution is 6.02. The maximum absolute atomic E-state index is 11.8. The summed E-state index contributed by atoms with van der Waals surface area (Å²) >= 11 is 0. The molecular formula is C20H20N4O5. The van der Waals surface area contributed by atoms with E-state index < -0.39 is 11.9 Å². The van der Waals surface area contributed by atoms with Crippen LogP contribution in [0.1, 0.15) is 6.42 Å². The molecule has 29 heavy (non-hydrogen) atoms. The average Bonchev–Trinajstić information content (AvgIpc) is 2.74. The van der Waals surface area contributed by atoms with Crippen molar-refractivity contribution in [2.24, 2.45) is 0 Å². The second-order valence-electron chi connectivity index (χ2n) is 5.95. The van der Waals surface area contributed by atoms with E-state index in [4.69, 9.17) is 9.47 Å². The van der Waals surface area contributed by atoms with Crippen LogP contribution >= 0.6 is 0 Å². The van der Waals surface area contributed by atoms with Gasteiger partial charge in [-0.05, 0) is 30.3 Å². The lowest BCUT2D eigenvalue weighted by molar-refractivity contribution is -0.142. The van der Waals surface area contributed by atoms with E-state index in [9.17, 15) is 9.59 Å². The third-order valence-corrected chi connectivity index (χ3v) is 4.10. The number of nitrogens with one attached hydrogen (secondary N) is 2. The molecule has 1 aromatic heterocycles. The number of carbonyl (C=O) groups excluding carboxylic acids is 2. The number of hydrogen-bond donors (Lipinski definition) is 2. The van der Waals surface area contributed by atoms with Gasteiger partial charge in [-0.25, -0.2) is 9.97 Å². The van der Waals surface area contributed by atoms with Gasteiger partial charge in [-0.3, -0.25) is 9.59 Å². The lowest BCUT2D eigenvalue weighted by atomic mass is 10.2. The quantitative estimate of drug-likeness (QED) is 0.463. The van der Waals surface area contributed by atoms with Crippen LogP contribution in [0, 0.1) is 0 Å². The van der Waals surface area contributed by atoms with Crippen molar-refractivity contribution < 1.29 is 23.8 Å². The third-order valence-electron chi connectivity index (χ3n) is 4.10. The van der Waals surface area contributed by atoms with Gasteiger partial charge in [0.15, 0.2) is 11.5 Å². The van der Waals surface area contributed by atoms with E-state index >= 15 is 0 Å². The lowest BCUT2D eigenvalue weighted by Crippen LogP contribution is -2.17. The molecule has 1 amide bonds. The summed E-state index contributed by atoms with van der Waals surface area (Å²) in [5.41, 5.74) is 2.01. The van der Waals surface area contributed by atoms with Gasteiger partial charge < -0.3 is 24.8 Å². The number of ether oxygens (including phenoxy) is 3. The molecule has 0 radical (unpaired) electrons. The molecule has 3 aromatic rings. The monoisotopic (exact) mass is 396 g/mol. The highest BCUT2D eigenvalue weighted by Gasteiger charge is 2.12. The van der Waals surface area contributed by atoms with Gasteiger partial charge in [0.2, 0.25) is 5.91 Å². The van der Waals surface area contributed by atoms with Gasteiger partial charge in [0, 0.05) is 22.8 Å². The zero-order chi connectivity index (χ0) is 20.8. The second-order valence-corrected chi connectivity index (χ2v) is 5.95. The first-order valence-electron chi connectivity index (χ1n) is 8.64. The molecule has 2 N–H and O–H groups in total. The van der Waals surface area contributed by atoms with Crippen LogP contribution in [0.25, 0.3) is 10.9 Å². The van der Waals surface area contributed by atoms with Crippen LogP contribution in [0.3, 0.4) is 0 Å². The summed E-state index contributed by atoms with van der Waals surface area (Å²) in [5.74, 6) is 0.709. The van der Waals surface area contributed by atoms with Crippen LogP contribution in [-0.2, 0) is 14.3 Å². The fourth-order valence-corrected chi connectivity index (χ4v) is 2.66. The van der Waals surface area contributed by atoms with Crippen LogP contribution in [0.15, 0.2) is 42.7 Å².